The van der Waals surface area contributed by atoms with Crippen LogP contribution in [0.15, 0.2) is 48.8 Å². The Kier molecular flexibility index (Phi) is 8.70. The predicted molar refractivity (Wildman–Crippen MR) is 101 cm³/mol. The number of nitrogens with one attached hydrogen (secondary N) is 1. The third kappa shape index (κ3) is 7.66. The van der Waals surface area contributed by atoms with Crippen molar-refractivity contribution in [2.24, 2.45) is 0 Å². The SMILES string of the molecule is C=CC(=O)NC[C@H](O)CN1CC=C(/C=C(\C=C)OCC2CN2OOC)CC1. The molecule has 0 saturated carbocycles. The summed E-state index contributed by atoms with van der Waals surface area (Å²) >= 11 is 0. The second-order valence-corrected chi connectivity index (χ2v) is 6.45. The molecule has 8 heteroatoms. The Morgan fingerprint density at radius 3 is 2.93 bits per heavy atom. The molecule has 0 aliphatic carbocycles. The van der Waals surface area contributed by atoms with E-state index in [-0.39, 0.29) is 18.5 Å². The van der Waals surface area contributed by atoms with E-state index in [0.29, 0.717) is 13.2 Å². The van der Waals surface area contributed by atoms with E-state index < -0.39 is 6.10 Å². The molecule has 2 aliphatic rings. The molecular formula is C19H29N3O5. The molecule has 8 nitrogen and oxygen atoms in total. The number of aliphatic hydroxyl groups is 1. The number of carbonyl (C=O) groups excluding carboxylic acids is 1. The highest BCUT2D eigenvalue weighted by atomic mass is 17.3. The summed E-state index contributed by atoms with van der Waals surface area (Å²) in [6.07, 6.45) is 7.25. The predicted octanol–water partition coefficient (Wildman–Crippen LogP) is 0.545. The van der Waals surface area contributed by atoms with Gasteiger partial charge in [0, 0.05) is 32.7 Å². The minimum atomic E-state index is -0.609. The van der Waals surface area contributed by atoms with Gasteiger partial charge in [-0.05, 0) is 30.2 Å². The number of allylic oxidation sites excluding steroid dienone is 2. The Balaban J connectivity index is 1.72. The molecule has 3 atom stereocenters. The molecular weight excluding hydrogens is 350 g/mol. The maximum atomic E-state index is 11.1. The lowest BCUT2D eigenvalue weighted by molar-refractivity contribution is -0.377. The zero-order chi connectivity index (χ0) is 19.6. The van der Waals surface area contributed by atoms with Crippen molar-refractivity contribution in [1.82, 2.24) is 15.3 Å². The molecule has 0 aromatic rings. The summed E-state index contributed by atoms with van der Waals surface area (Å²) in [5.74, 6) is 0.450. The van der Waals surface area contributed by atoms with Crippen molar-refractivity contribution in [1.29, 1.82) is 0 Å². The van der Waals surface area contributed by atoms with E-state index in [1.165, 1.54) is 18.8 Å². The van der Waals surface area contributed by atoms with E-state index in [0.717, 1.165) is 31.8 Å². The van der Waals surface area contributed by atoms with E-state index >= 15 is 0 Å². The number of carbonyl (C=O) groups is 1. The Labute approximate surface area is 160 Å². The lowest BCUT2D eigenvalue weighted by Crippen LogP contribution is -2.41. The van der Waals surface area contributed by atoms with Crippen molar-refractivity contribution in [2.75, 3.05) is 46.4 Å². The first-order valence-electron chi connectivity index (χ1n) is 8.99. The normalized spacial score (nSPS) is 23.9. The molecule has 0 bridgehead atoms. The number of rotatable bonds is 12. The first-order chi connectivity index (χ1) is 13.0. The topological polar surface area (TPSA) is 83.3 Å². The van der Waals surface area contributed by atoms with Crippen LogP contribution in [0.5, 0.6) is 0 Å². The van der Waals surface area contributed by atoms with Crippen molar-refractivity contribution in [3.05, 3.63) is 48.8 Å². The van der Waals surface area contributed by atoms with Gasteiger partial charge in [-0.2, -0.15) is 0 Å². The Morgan fingerprint density at radius 1 is 1.48 bits per heavy atom. The molecule has 0 radical (unpaired) electrons. The van der Waals surface area contributed by atoms with Gasteiger partial charge in [-0.3, -0.25) is 9.69 Å². The molecule has 27 heavy (non-hydrogen) atoms. The fraction of sp³-hybridized carbons (Fsp3) is 0.526. The van der Waals surface area contributed by atoms with E-state index in [1.807, 2.05) is 6.08 Å². The first kappa shape index (κ1) is 21.3. The molecule has 2 N–H and O–H groups in total. The molecule has 2 heterocycles. The zero-order valence-electron chi connectivity index (χ0n) is 15.8. The lowest BCUT2D eigenvalue weighted by Gasteiger charge is -2.27. The van der Waals surface area contributed by atoms with Gasteiger partial charge in [0.25, 0.3) is 0 Å². The average molecular weight is 379 g/mol. The van der Waals surface area contributed by atoms with Crippen LogP contribution < -0.4 is 5.32 Å². The summed E-state index contributed by atoms with van der Waals surface area (Å²) in [5, 5.41) is 14.3. The Hall–Kier alpha value is -1.97. The van der Waals surface area contributed by atoms with E-state index in [1.54, 1.807) is 11.1 Å². The summed E-state index contributed by atoms with van der Waals surface area (Å²) < 4.78 is 5.77. The number of nitrogens with zero attached hydrogens (tertiary/aromatic N) is 2. The summed E-state index contributed by atoms with van der Waals surface area (Å²) in [4.78, 5) is 22.8. The maximum Gasteiger partial charge on any atom is 0.243 e. The van der Waals surface area contributed by atoms with Crippen LogP contribution in [-0.2, 0) is 19.4 Å². The van der Waals surface area contributed by atoms with Gasteiger partial charge in [0.2, 0.25) is 5.91 Å². The molecule has 1 fully saturated rings. The van der Waals surface area contributed by atoms with Gasteiger partial charge in [-0.1, -0.05) is 19.2 Å². The largest absolute Gasteiger partial charge is 0.492 e. The summed E-state index contributed by atoms with van der Waals surface area (Å²) in [6, 6.07) is 0.201. The van der Waals surface area contributed by atoms with Gasteiger partial charge in [-0.15, -0.1) is 10.1 Å². The van der Waals surface area contributed by atoms with Gasteiger partial charge in [0.1, 0.15) is 12.4 Å². The molecule has 0 aromatic heterocycles. The van der Waals surface area contributed by atoms with Gasteiger partial charge >= 0.3 is 0 Å². The summed E-state index contributed by atoms with van der Waals surface area (Å²) in [7, 11) is 1.47. The number of aliphatic hydroxyl groups excluding tert-OH is 1. The summed E-state index contributed by atoms with van der Waals surface area (Å²) in [6.45, 7) is 10.8. The quantitative estimate of drug-likeness (QED) is 0.128. The zero-order valence-corrected chi connectivity index (χ0v) is 15.8. The molecule has 2 rings (SSSR count). The second kappa shape index (κ2) is 11.0. The van der Waals surface area contributed by atoms with Crippen LogP contribution in [0.3, 0.4) is 0 Å². The molecule has 0 spiro atoms. The molecule has 150 valence electrons. The van der Waals surface area contributed by atoms with Crippen LogP contribution in [0.25, 0.3) is 0 Å². The van der Waals surface area contributed by atoms with Gasteiger partial charge in [0.15, 0.2) is 0 Å². The summed E-state index contributed by atoms with van der Waals surface area (Å²) in [5.41, 5.74) is 1.18. The number of β-amino-alcohol motifs (C(OH)–C–C–N with tert-alkyl or cyclic N) is 1. The molecule has 1 amide bonds. The van der Waals surface area contributed by atoms with Crippen molar-refractivity contribution >= 4 is 5.91 Å². The molecule has 0 aromatic carbocycles. The smallest absolute Gasteiger partial charge is 0.243 e. The average Bonchev–Trinajstić information content (AvgIpc) is 3.42. The van der Waals surface area contributed by atoms with Crippen LogP contribution in [-0.4, -0.2) is 79.6 Å². The highest BCUT2D eigenvalue weighted by molar-refractivity contribution is 5.86. The van der Waals surface area contributed by atoms with Crippen LogP contribution >= 0.6 is 0 Å². The highest BCUT2D eigenvalue weighted by Crippen LogP contribution is 2.20. The Morgan fingerprint density at radius 2 is 2.30 bits per heavy atom. The van der Waals surface area contributed by atoms with E-state index in [2.05, 4.69) is 34.3 Å². The minimum absolute atomic E-state index is 0.201. The number of hydrogen-bond acceptors (Lipinski definition) is 7. The minimum Gasteiger partial charge on any atom is -0.492 e. The monoisotopic (exact) mass is 379 g/mol. The van der Waals surface area contributed by atoms with E-state index in [9.17, 15) is 9.90 Å². The lowest BCUT2D eigenvalue weighted by atomic mass is 10.1. The van der Waals surface area contributed by atoms with Gasteiger partial charge in [0.05, 0.1) is 19.3 Å². The van der Waals surface area contributed by atoms with Crippen LogP contribution in [0, 0.1) is 0 Å². The third-order valence-corrected chi connectivity index (χ3v) is 4.30. The van der Waals surface area contributed by atoms with Gasteiger partial charge < -0.3 is 15.2 Å². The molecule has 2 aliphatic heterocycles. The van der Waals surface area contributed by atoms with Crippen molar-refractivity contribution in [2.45, 2.75) is 18.6 Å². The van der Waals surface area contributed by atoms with Crippen molar-refractivity contribution in [3.63, 3.8) is 0 Å². The van der Waals surface area contributed by atoms with Gasteiger partial charge in [-0.25, -0.2) is 4.89 Å². The first-order valence-corrected chi connectivity index (χ1v) is 8.99. The molecule has 2 unspecified atom stereocenters. The second-order valence-electron chi connectivity index (χ2n) is 6.45. The number of hydroxylamine groups is 2. The number of ether oxygens (including phenoxy) is 1. The van der Waals surface area contributed by atoms with Crippen LogP contribution in [0.2, 0.25) is 0 Å². The van der Waals surface area contributed by atoms with Crippen molar-refractivity contribution in [3.8, 4) is 0 Å². The van der Waals surface area contributed by atoms with Crippen LogP contribution in [0.1, 0.15) is 6.42 Å². The standard InChI is InChI=1S/C19H29N3O5/c1-4-18(26-14-16-12-22(16)27-25-3)10-15-6-8-21(9-7-15)13-17(23)11-20-19(24)5-2/h4-6,10,16-17,23H,1-2,7-9,11-14H2,3H3,(H,20,24)/b18-10+/t16?,17-,22?/m0/s1. The maximum absolute atomic E-state index is 11.1. The molecule has 1 saturated heterocycles. The third-order valence-electron chi connectivity index (χ3n) is 4.30. The van der Waals surface area contributed by atoms with Crippen molar-refractivity contribution < 1.29 is 24.5 Å². The fourth-order valence-corrected chi connectivity index (χ4v) is 2.70. The highest BCUT2D eigenvalue weighted by Gasteiger charge is 2.37. The number of amides is 1. The Bertz CT molecular complexity index is 590. The van der Waals surface area contributed by atoms with Crippen LogP contribution in [0.4, 0.5) is 0 Å². The number of hydrogen-bond donors (Lipinski definition) is 2. The van der Waals surface area contributed by atoms with E-state index in [4.69, 9.17) is 9.73 Å². The fourth-order valence-electron chi connectivity index (χ4n) is 2.70.